The minimum absolute atomic E-state index is 0.165. The predicted molar refractivity (Wildman–Crippen MR) is 106 cm³/mol. The van der Waals surface area contributed by atoms with E-state index in [0.29, 0.717) is 13.1 Å². The smallest absolute Gasteiger partial charge is 0.237 e. The van der Waals surface area contributed by atoms with Gasteiger partial charge in [0.05, 0.1) is 6.54 Å². The molecule has 1 aliphatic heterocycles. The Bertz CT molecular complexity index is 561. The average molecular weight is 344 g/mol. The summed E-state index contributed by atoms with van der Waals surface area (Å²) in [5.74, 6) is 0.165. The molecule has 0 spiro atoms. The fourth-order valence-corrected chi connectivity index (χ4v) is 3.36. The highest BCUT2D eigenvalue weighted by Crippen LogP contribution is 2.20. The second kappa shape index (κ2) is 9.62. The minimum atomic E-state index is 0.165. The van der Waals surface area contributed by atoms with E-state index in [1.54, 1.807) is 0 Å². The van der Waals surface area contributed by atoms with Crippen molar-refractivity contribution in [1.82, 2.24) is 9.80 Å². The second-order valence-electron chi connectivity index (χ2n) is 7.25. The standard InChI is InChI=1S/C21H33N3O/c1-5-23(15-18(2)3)21(25)17-22(4)16-19-9-11-20(12-10-19)24-13-7-6-8-14-24/h9-12H,2,5-8,13-17H2,1,3-4H3. The number of piperidine rings is 1. The summed E-state index contributed by atoms with van der Waals surface area (Å²) in [6.07, 6.45) is 3.95. The maximum absolute atomic E-state index is 12.4. The summed E-state index contributed by atoms with van der Waals surface area (Å²) in [7, 11) is 2.01. The van der Waals surface area contributed by atoms with E-state index >= 15 is 0 Å². The molecule has 1 aliphatic rings. The van der Waals surface area contributed by atoms with Gasteiger partial charge in [-0.1, -0.05) is 24.3 Å². The zero-order chi connectivity index (χ0) is 18.2. The van der Waals surface area contributed by atoms with Crippen LogP contribution in [0.15, 0.2) is 36.4 Å². The summed E-state index contributed by atoms with van der Waals surface area (Å²) >= 11 is 0. The van der Waals surface area contributed by atoms with Gasteiger partial charge < -0.3 is 9.80 Å². The van der Waals surface area contributed by atoms with Crippen LogP contribution >= 0.6 is 0 Å². The number of likely N-dealkylation sites (N-methyl/N-ethyl adjacent to an activating group) is 2. The number of hydrogen-bond donors (Lipinski definition) is 0. The normalized spacial score (nSPS) is 14.6. The second-order valence-corrected chi connectivity index (χ2v) is 7.25. The highest BCUT2D eigenvalue weighted by molar-refractivity contribution is 5.78. The van der Waals surface area contributed by atoms with Gasteiger partial charge in [0.1, 0.15) is 0 Å². The lowest BCUT2D eigenvalue weighted by molar-refractivity contribution is -0.131. The van der Waals surface area contributed by atoms with Crippen LogP contribution in [0.5, 0.6) is 0 Å². The van der Waals surface area contributed by atoms with Crippen LogP contribution in [0, 0.1) is 0 Å². The van der Waals surface area contributed by atoms with Gasteiger partial charge in [-0.05, 0) is 57.9 Å². The molecule has 4 heteroatoms. The Hall–Kier alpha value is -1.81. The number of amides is 1. The Balaban J connectivity index is 1.86. The van der Waals surface area contributed by atoms with Crippen LogP contribution in [0.25, 0.3) is 0 Å². The van der Waals surface area contributed by atoms with Crippen molar-refractivity contribution >= 4 is 11.6 Å². The molecule has 2 rings (SSSR count). The topological polar surface area (TPSA) is 26.8 Å². The van der Waals surface area contributed by atoms with Gasteiger partial charge in [-0.15, -0.1) is 0 Å². The molecule has 1 amide bonds. The lowest BCUT2D eigenvalue weighted by Gasteiger charge is -2.29. The fourth-order valence-electron chi connectivity index (χ4n) is 3.36. The molecule has 4 nitrogen and oxygen atoms in total. The van der Waals surface area contributed by atoms with Crippen LogP contribution in [0.1, 0.15) is 38.7 Å². The summed E-state index contributed by atoms with van der Waals surface area (Å²) < 4.78 is 0. The van der Waals surface area contributed by atoms with Gasteiger partial charge in [0.2, 0.25) is 5.91 Å². The molecule has 1 aromatic carbocycles. The van der Waals surface area contributed by atoms with Crippen LogP contribution in [0.4, 0.5) is 5.69 Å². The highest BCUT2D eigenvalue weighted by Gasteiger charge is 2.15. The van der Waals surface area contributed by atoms with Crippen molar-refractivity contribution in [1.29, 1.82) is 0 Å². The average Bonchev–Trinajstić information content (AvgIpc) is 2.60. The predicted octanol–water partition coefficient (Wildman–Crippen LogP) is 3.53. The molecule has 1 saturated heterocycles. The van der Waals surface area contributed by atoms with Crippen molar-refractivity contribution in [3.05, 3.63) is 42.0 Å². The van der Waals surface area contributed by atoms with E-state index in [1.165, 1.54) is 43.6 Å². The Labute approximate surface area is 153 Å². The first-order valence-corrected chi connectivity index (χ1v) is 9.44. The Morgan fingerprint density at radius 2 is 1.76 bits per heavy atom. The van der Waals surface area contributed by atoms with Gasteiger partial charge in [-0.2, -0.15) is 0 Å². The molecule has 0 atom stereocenters. The molecule has 1 heterocycles. The van der Waals surface area contributed by atoms with Gasteiger partial charge >= 0.3 is 0 Å². The molecule has 0 unspecified atom stereocenters. The summed E-state index contributed by atoms with van der Waals surface area (Å²) in [5.41, 5.74) is 3.59. The number of rotatable bonds is 8. The van der Waals surface area contributed by atoms with Crippen LogP contribution in [0.3, 0.4) is 0 Å². The lowest BCUT2D eigenvalue weighted by atomic mass is 10.1. The number of anilines is 1. The van der Waals surface area contributed by atoms with E-state index in [4.69, 9.17) is 0 Å². The molecular weight excluding hydrogens is 310 g/mol. The number of carbonyl (C=O) groups is 1. The summed E-state index contributed by atoms with van der Waals surface area (Å²) in [6, 6.07) is 8.82. The maximum Gasteiger partial charge on any atom is 0.237 e. The fraction of sp³-hybridized carbons (Fsp3) is 0.571. The van der Waals surface area contributed by atoms with Crippen LogP contribution < -0.4 is 4.90 Å². The first-order valence-electron chi connectivity index (χ1n) is 9.44. The van der Waals surface area contributed by atoms with Crippen LogP contribution in [-0.2, 0) is 11.3 Å². The third kappa shape index (κ3) is 6.20. The van der Waals surface area contributed by atoms with E-state index in [0.717, 1.165) is 18.7 Å². The van der Waals surface area contributed by atoms with E-state index < -0.39 is 0 Å². The number of nitrogens with zero attached hydrogens (tertiary/aromatic N) is 3. The van der Waals surface area contributed by atoms with Crippen molar-refractivity contribution < 1.29 is 4.79 Å². The summed E-state index contributed by atoms with van der Waals surface area (Å²) in [6.45, 7) is 12.8. The molecule has 138 valence electrons. The highest BCUT2D eigenvalue weighted by atomic mass is 16.2. The Morgan fingerprint density at radius 1 is 1.12 bits per heavy atom. The zero-order valence-corrected chi connectivity index (χ0v) is 16.1. The van der Waals surface area contributed by atoms with Crippen molar-refractivity contribution in [2.75, 3.05) is 44.7 Å². The molecule has 0 radical (unpaired) electrons. The zero-order valence-electron chi connectivity index (χ0n) is 16.1. The van der Waals surface area contributed by atoms with Crippen molar-refractivity contribution in [3.8, 4) is 0 Å². The van der Waals surface area contributed by atoms with E-state index in [9.17, 15) is 4.79 Å². The first kappa shape index (κ1) is 19.5. The maximum atomic E-state index is 12.4. The van der Waals surface area contributed by atoms with Gasteiger partial charge in [-0.3, -0.25) is 9.69 Å². The van der Waals surface area contributed by atoms with Crippen molar-refractivity contribution in [2.24, 2.45) is 0 Å². The van der Waals surface area contributed by atoms with E-state index in [2.05, 4.69) is 40.6 Å². The first-order chi connectivity index (χ1) is 12.0. The van der Waals surface area contributed by atoms with Crippen LogP contribution in [0.2, 0.25) is 0 Å². The summed E-state index contributed by atoms with van der Waals surface area (Å²) in [4.78, 5) is 18.8. The van der Waals surface area contributed by atoms with E-state index in [1.807, 2.05) is 25.8 Å². The van der Waals surface area contributed by atoms with Crippen molar-refractivity contribution in [3.63, 3.8) is 0 Å². The van der Waals surface area contributed by atoms with Gasteiger partial charge in [0.15, 0.2) is 0 Å². The third-order valence-electron chi connectivity index (χ3n) is 4.71. The number of hydrogen-bond acceptors (Lipinski definition) is 3. The molecule has 1 aromatic rings. The molecule has 1 fully saturated rings. The third-order valence-corrected chi connectivity index (χ3v) is 4.71. The van der Waals surface area contributed by atoms with Gasteiger partial charge in [0, 0.05) is 38.4 Å². The number of benzene rings is 1. The van der Waals surface area contributed by atoms with Gasteiger partial charge in [-0.25, -0.2) is 0 Å². The Morgan fingerprint density at radius 3 is 2.32 bits per heavy atom. The molecule has 25 heavy (non-hydrogen) atoms. The minimum Gasteiger partial charge on any atom is -0.372 e. The lowest BCUT2D eigenvalue weighted by Crippen LogP contribution is -2.39. The molecular formula is C21H33N3O. The van der Waals surface area contributed by atoms with E-state index in [-0.39, 0.29) is 5.91 Å². The van der Waals surface area contributed by atoms with Gasteiger partial charge in [0.25, 0.3) is 0 Å². The quantitative estimate of drug-likeness (QED) is 0.676. The molecule has 0 aliphatic carbocycles. The number of carbonyl (C=O) groups excluding carboxylic acids is 1. The largest absolute Gasteiger partial charge is 0.372 e. The monoisotopic (exact) mass is 343 g/mol. The molecule has 0 aromatic heterocycles. The Kier molecular flexibility index (Phi) is 7.51. The SMILES string of the molecule is C=C(C)CN(CC)C(=O)CN(C)Cc1ccc(N2CCCCC2)cc1. The van der Waals surface area contributed by atoms with Crippen LogP contribution in [-0.4, -0.2) is 55.5 Å². The summed E-state index contributed by atoms with van der Waals surface area (Å²) in [5, 5.41) is 0. The molecule has 0 saturated carbocycles. The molecule has 0 N–H and O–H groups in total. The molecule has 0 bridgehead atoms. The van der Waals surface area contributed by atoms with Crippen molar-refractivity contribution in [2.45, 2.75) is 39.7 Å².